The Morgan fingerprint density at radius 1 is 1.29 bits per heavy atom. The second kappa shape index (κ2) is 7.63. The highest BCUT2D eigenvalue weighted by atomic mass is 19.1. The Morgan fingerprint density at radius 3 is 2.81 bits per heavy atom. The van der Waals surface area contributed by atoms with Gasteiger partial charge < -0.3 is 10.2 Å². The molecular formula is C17H19FN2O. The maximum absolute atomic E-state index is 13.7. The molecule has 1 aromatic heterocycles. The molecule has 0 atom stereocenters. The van der Waals surface area contributed by atoms with Crippen LogP contribution in [0.5, 0.6) is 0 Å². The van der Waals surface area contributed by atoms with Crippen LogP contribution in [0.2, 0.25) is 0 Å². The summed E-state index contributed by atoms with van der Waals surface area (Å²) in [7, 11) is 0. The fraction of sp³-hybridized carbons (Fsp3) is 0.294. The van der Waals surface area contributed by atoms with E-state index in [0.29, 0.717) is 18.7 Å². The van der Waals surface area contributed by atoms with Crippen LogP contribution in [0.15, 0.2) is 41.0 Å². The van der Waals surface area contributed by atoms with Gasteiger partial charge in [0.2, 0.25) is 0 Å². The summed E-state index contributed by atoms with van der Waals surface area (Å²) in [4.78, 5) is 2.17. The van der Waals surface area contributed by atoms with Gasteiger partial charge in [-0.25, -0.2) is 4.39 Å². The third kappa shape index (κ3) is 4.75. The van der Waals surface area contributed by atoms with E-state index in [0.717, 1.165) is 17.9 Å². The van der Waals surface area contributed by atoms with Crippen molar-refractivity contribution < 1.29 is 8.81 Å². The zero-order valence-corrected chi connectivity index (χ0v) is 12.1. The molecule has 0 radical (unpaired) electrons. The van der Waals surface area contributed by atoms with Crippen molar-refractivity contribution in [2.24, 2.45) is 5.73 Å². The lowest BCUT2D eigenvalue weighted by Crippen LogP contribution is -2.22. The van der Waals surface area contributed by atoms with E-state index in [1.54, 1.807) is 12.3 Å². The van der Waals surface area contributed by atoms with Gasteiger partial charge in [0, 0.05) is 12.1 Å². The molecule has 1 aromatic carbocycles. The van der Waals surface area contributed by atoms with Crippen LogP contribution in [0.25, 0.3) is 0 Å². The van der Waals surface area contributed by atoms with E-state index in [9.17, 15) is 4.39 Å². The van der Waals surface area contributed by atoms with Gasteiger partial charge in [0.15, 0.2) is 0 Å². The molecule has 0 aliphatic heterocycles. The molecule has 0 spiro atoms. The monoisotopic (exact) mass is 286 g/mol. The van der Waals surface area contributed by atoms with Crippen molar-refractivity contribution in [1.29, 1.82) is 0 Å². The summed E-state index contributed by atoms with van der Waals surface area (Å²) in [5, 5.41) is 0. The van der Waals surface area contributed by atoms with Gasteiger partial charge >= 0.3 is 0 Å². The molecule has 2 N–H and O–H groups in total. The predicted molar refractivity (Wildman–Crippen MR) is 80.8 cm³/mol. The first-order chi connectivity index (χ1) is 10.2. The fourth-order valence-corrected chi connectivity index (χ4v) is 2.13. The van der Waals surface area contributed by atoms with Crippen LogP contribution < -0.4 is 5.73 Å². The summed E-state index contributed by atoms with van der Waals surface area (Å²) in [6.45, 7) is 4.53. The van der Waals surface area contributed by atoms with E-state index < -0.39 is 0 Å². The molecule has 3 nitrogen and oxygen atoms in total. The zero-order valence-electron chi connectivity index (χ0n) is 12.1. The van der Waals surface area contributed by atoms with Gasteiger partial charge in [-0.05, 0) is 42.4 Å². The predicted octanol–water partition coefficient (Wildman–Crippen LogP) is 2.75. The summed E-state index contributed by atoms with van der Waals surface area (Å²) < 4.78 is 19.0. The normalized spacial score (nSPS) is 10.5. The topological polar surface area (TPSA) is 42.4 Å². The minimum Gasteiger partial charge on any atom is -0.468 e. The number of halogens is 1. The summed E-state index contributed by atoms with van der Waals surface area (Å²) in [6.07, 6.45) is 1.66. The highest BCUT2D eigenvalue weighted by Gasteiger charge is 2.08. The van der Waals surface area contributed by atoms with E-state index in [-0.39, 0.29) is 12.4 Å². The molecule has 0 fully saturated rings. The van der Waals surface area contributed by atoms with Crippen molar-refractivity contribution in [2.45, 2.75) is 20.0 Å². The quantitative estimate of drug-likeness (QED) is 0.859. The first-order valence-electron chi connectivity index (χ1n) is 6.94. The molecular weight excluding hydrogens is 267 g/mol. The minimum absolute atomic E-state index is 0.269. The molecule has 110 valence electrons. The Balaban J connectivity index is 2.11. The number of nitrogens with zero attached hydrogens (tertiary/aromatic N) is 1. The molecule has 0 saturated heterocycles. The van der Waals surface area contributed by atoms with Crippen LogP contribution in [0, 0.1) is 17.7 Å². The first-order valence-corrected chi connectivity index (χ1v) is 6.94. The maximum Gasteiger partial charge on any atom is 0.124 e. The van der Waals surface area contributed by atoms with Gasteiger partial charge in [0.05, 0.1) is 19.4 Å². The summed E-state index contributed by atoms with van der Waals surface area (Å²) in [6, 6.07) is 8.67. The van der Waals surface area contributed by atoms with Crippen LogP contribution in [-0.2, 0) is 13.1 Å². The number of hydrogen-bond donors (Lipinski definition) is 1. The van der Waals surface area contributed by atoms with E-state index in [1.165, 1.54) is 6.07 Å². The lowest BCUT2D eigenvalue weighted by atomic mass is 10.1. The minimum atomic E-state index is -0.275. The smallest absolute Gasteiger partial charge is 0.124 e. The van der Waals surface area contributed by atoms with Crippen molar-refractivity contribution in [3.8, 4) is 11.8 Å². The highest BCUT2D eigenvalue weighted by molar-refractivity contribution is 5.38. The molecule has 0 amide bonds. The Hall–Kier alpha value is -2.09. The SMILES string of the molecule is CCN(Cc1cc(F)cc(C#CCN)c1)Cc1ccco1. The van der Waals surface area contributed by atoms with Gasteiger partial charge in [-0.2, -0.15) is 0 Å². The van der Waals surface area contributed by atoms with Gasteiger partial charge in [-0.3, -0.25) is 4.90 Å². The van der Waals surface area contributed by atoms with Gasteiger partial charge in [-0.15, -0.1) is 0 Å². The maximum atomic E-state index is 13.7. The second-order valence-electron chi connectivity index (χ2n) is 4.74. The number of nitrogens with two attached hydrogens (primary N) is 1. The third-order valence-electron chi connectivity index (χ3n) is 3.11. The third-order valence-corrected chi connectivity index (χ3v) is 3.11. The van der Waals surface area contributed by atoms with E-state index >= 15 is 0 Å². The fourth-order valence-electron chi connectivity index (χ4n) is 2.13. The van der Waals surface area contributed by atoms with Crippen molar-refractivity contribution in [3.63, 3.8) is 0 Å². The summed E-state index contributed by atoms with van der Waals surface area (Å²) in [5.74, 6) is 6.24. The Morgan fingerprint density at radius 2 is 2.14 bits per heavy atom. The van der Waals surface area contributed by atoms with Gasteiger partial charge in [0.1, 0.15) is 11.6 Å². The Kier molecular flexibility index (Phi) is 5.56. The summed E-state index contributed by atoms with van der Waals surface area (Å²) >= 11 is 0. The van der Waals surface area contributed by atoms with Crippen molar-refractivity contribution in [1.82, 2.24) is 4.90 Å². The second-order valence-corrected chi connectivity index (χ2v) is 4.74. The standard InChI is InChI=1S/C17H19FN2O/c1-2-20(13-17-6-4-8-21-17)12-15-9-14(5-3-7-19)10-16(18)11-15/h4,6,8-11H,2,7,12-13,19H2,1H3. The van der Waals surface area contributed by atoms with Crippen molar-refractivity contribution in [3.05, 3.63) is 59.3 Å². The average Bonchev–Trinajstić information content (AvgIpc) is 2.96. The summed E-state index contributed by atoms with van der Waals surface area (Å²) in [5.41, 5.74) is 6.89. The lowest BCUT2D eigenvalue weighted by Gasteiger charge is -2.19. The van der Waals surface area contributed by atoms with Gasteiger partial charge in [-0.1, -0.05) is 18.8 Å². The van der Waals surface area contributed by atoms with Crippen LogP contribution in [0.1, 0.15) is 23.8 Å². The first kappa shape index (κ1) is 15.3. The van der Waals surface area contributed by atoms with Crippen molar-refractivity contribution in [2.75, 3.05) is 13.1 Å². The van der Waals surface area contributed by atoms with E-state index in [1.807, 2.05) is 18.2 Å². The molecule has 0 aliphatic carbocycles. The van der Waals surface area contributed by atoms with E-state index in [2.05, 4.69) is 23.7 Å². The Bertz CT molecular complexity index is 626. The number of furan rings is 1. The van der Waals surface area contributed by atoms with Crippen LogP contribution in [0.3, 0.4) is 0 Å². The molecule has 0 bridgehead atoms. The van der Waals surface area contributed by atoms with Crippen LogP contribution in [0.4, 0.5) is 4.39 Å². The molecule has 1 heterocycles. The largest absolute Gasteiger partial charge is 0.468 e. The van der Waals surface area contributed by atoms with Crippen LogP contribution >= 0.6 is 0 Å². The molecule has 0 saturated carbocycles. The van der Waals surface area contributed by atoms with Crippen molar-refractivity contribution >= 4 is 0 Å². The molecule has 0 aliphatic rings. The molecule has 2 aromatic rings. The number of rotatable bonds is 5. The number of hydrogen-bond acceptors (Lipinski definition) is 3. The lowest BCUT2D eigenvalue weighted by molar-refractivity contribution is 0.247. The zero-order chi connectivity index (χ0) is 15.1. The molecule has 4 heteroatoms. The van der Waals surface area contributed by atoms with E-state index in [4.69, 9.17) is 10.2 Å². The number of benzene rings is 1. The van der Waals surface area contributed by atoms with Gasteiger partial charge in [0.25, 0.3) is 0 Å². The molecule has 21 heavy (non-hydrogen) atoms. The molecule has 2 rings (SSSR count). The highest BCUT2D eigenvalue weighted by Crippen LogP contribution is 2.13. The average molecular weight is 286 g/mol. The van der Waals surface area contributed by atoms with Crippen LogP contribution in [-0.4, -0.2) is 18.0 Å². The molecule has 0 unspecified atom stereocenters. The Labute approximate surface area is 124 Å².